The van der Waals surface area contributed by atoms with Gasteiger partial charge in [0.25, 0.3) is 0 Å². The average Bonchev–Trinajstić information content (AvgIpc) is 3.15. The maximum Gasteiger partial charge on any atom is 0.243 e. The predicted octanol–water partition coefficient (Wildman–Crippen LogP) is 0.973. The van der Waals surface area contributed by atoms with Gasteiger partial charge in [-0.15, -0.1) is 0 Å². The van der Waals surface area contributed by atoms with Gasteiger partial charge in [-0.25, -0.2) is 13.4 Å². The van der Waals surface area contributed by atoms with E-state index >= 15 is 0 Å². The molecule has 1 fully saturated rings. The van der Waals surface area contributed by atoms with Crippen LogP contribution in [0.4, 0.5) is 0 Å². The van der Waals surface area contributed by atoms with E-state index in [4.69, 9.17) is 0 Å². The summed E-state index contributed by atoms with van der Waals surface area (Å²) in [7, 11) is -1.43. The largest absolute Gasteiger partial charge is 0.337 e. The summed E-state index contributed by atoms with van der Waals surface area (Å²) in [5.74, 6) is 0.948. The standard InChI is InChI=1S/C15H20N4O2S/c1-18-10-8-16-15(18)11-17-13-7-9-19(12-13)22(20,21)14-5-3-2-4-6-14/h2-6,8,10,13,17H,7,9,11-12H2,1H3/t13-/m0/s1. The van der Waals surface area contributed by atoms with E-state index in [1.54, 1.807) is 34.8 Å². The van der Waals surface area contributed by atoms with Crippen molar-refractivity contribution in [1.29, 1.82) is 0 Å². The summed E-state index contributed by atoms with van der Waals surface area (Å²) in [6.45, 7) is 1.70. The van der Waals surface area contributed by atoms with Crippen molar-refractivity contribution >= 4 is 10.0 Å². The zero-order valence-corrected chi connectivity index (χ0v) is 13.3. The fourth-order valence-corrected chi connectivity index (χ4v) is 4.18. The number of nitrogens with zero attached hydrogens (tertiary/aromatic N) is 3. The lowest BCUT2D eigenvalue weighted by molar-refractivity contribution is 0.453. The molecule has 0 aliphatic carbocycles. The number of imidazole rings is 1. The second-order valence-corrected chi connectivity index (χ2v) is 7.43. The molecule has 118 valence electrons. The molecule has 1 aliphatic rings. The van der Waals surface area contributed by atoms with Crippen LogP contribution in [0.2, 0.25) is 0 Å². The molecule has 0 unspecified atom stereocenters. The van der Waals surface area contributed by atoms with Gasteiger partial charge in [0, 0.05) is 38.6 Å². The van der Waals surface area contributed by atoms with Gasteiger partial charge in [0.15, 0.2) is 0 Å². The highest BCUT2D eigenvalue weighted by atomic mass is 32.2. The van der Waals surface area contributed by atoms with Gasteiger partial charge in [-0.3, -0.25) is 0 Å². The van der Waals surface area contributed by atoms with Crippen LogP contribution < -0.4 is 5.32 Å². The quantitative estimate of drug-likeness (QED) is 0.891. The predicted molar refractivity (Wildman–Crippen MR) is 83.7 cm³/mol. The third-order valence-corrected chi connectivity index (χ3v) is 5.88. The zero-order chi connectivity index (χ0) is 15.6. The van der Waals surface area contributed by atoms with Crippen LogP contribution in [0.5, 0.6) is 0 Å². The molecule has 1 aromatic heterocycles. The summed E-state index contributed by atoms with van der Waals surface area (Å²) >= 11 is 0. The van der Waals surface area contributed by atoms with Crippen molar-refractivity contribution in [3.63, 3.8) is 0 Å². The molecular weight excluding hydrogens is 300 g/mol. The van der Waals surface area contributed by atoms with Crippen LogP contribution >= 0.6 is 0 Å². The Labute approximate surface area is 130 Å². The highest BCUT2D eigenvalue weighted by molar-refractivity contribution is 7.89. The van der Waals surface area contributed by atoms with Crippen LogP contribution in [0.1, 0.15) is 12.2 Å². The Balaban J connectivity index is 1.61. The monoisotopic (exact) mass is 320 g/mol. The molecule has 0 saturated carbocycles. The molecule has 6 nitrogen and oxygen atoms in total. The lowest BCUT2D eigenvalue weighted by atomic mass is 10.2. The second kappa shape index (κ2) is 6.20. The Morgan fingerprint density at radius 2 is 2.09 bits per heavy atom. The summed E-state index contributed by atoms with van der Waals surface area (Å²) in [6, 6.07) is 8.77. The Hall–Kier alpha value is -1.70. The van der Waals surface area contributed by atoms with E-state index in [2.05, 4.69) is 10.3 Å². The summed E-state index contributed by atoms with van der Waals surface area (Å²) < 4.78 is 28.6. The van der Waals surface area contributed by atoms with Crippen LogP contribution in [0.3, 0.4) is 0 Å². The van der Waals surface area contributed by atoms with E-state index in [0.717, 1.165) is 12.2 Å². The number of nitrogens with one attached hydrogen (secondary N) is 1. The normalized spacial score (nSPS) is 19.6. The van der Waals surface area contributed by atoms with E-state index < -0.39 is 10.0 Å². The summed E-state index contributed by atoms with van der Waals surface area (Å²) in [6.07, 6.45) is 4.48. The molecule has 7 heteroatoms. The Bertz CT molecular complexity index is 727. The van der Waals surface area contributed by atoms with Crippen LogP contribution in [-0.4, -0.2) is 41.4 Å². The number of hydrogen-bond donors (Lipinski definition) is 1. The topological polar surface area (TPSA) is 67.2 Å². The first-order valence-electron chi connectivity index (χ1n) is 7.32. The molecule has 2 aromatic rings. The first kappa shape index (κ1) is 15.2. The smallest absolute Gasteiger partial charge is 0.243 e. The second-order valence-electron chi connectivity index (χ2n) is 5.50. The van der Waals surface area contributed by atoms with E-state index in [1.807, 2.05) is 23.9 Å². The number of aryl methyl sites for hydroxylation is 1. The van der Waals surface area contributed by atoms with Crippen LogP contribution in [0, 0.1) is 0 Å². The average molecular weight is 320 g/mol. The number of rotatable bonds is 5. The van der Waals surface area contributed by atoms with Gasteiger partial charge in [-0.2, -0.15) is 4.31 Å². The SMILES string of the molecule is Cn1ccnc1CN[C@H]1CCN(S(=O)(=O)c2ccccc2)C1. The maximum atomic E-state index is 12.5. The molecule has 2 heterocycles. The summed E-state index contributed by atoms with van der Waals surface area (Å²) in [4.78, 5) is 4.62. The van der Waals surface area contributed by atoms with Gasteiger partial charge in [-0.05, 0) is 18.6 Å². The van der Waals surface area contributed by atoms with Gasteiger partial charge < -0.3 is 9.88 Å². The van der Waals surface area contributed by atoms with Gasteiger partial charge in [0.1, 0.15) is 5.82 Å². The highest BCUT2D eigenvalue weighted by Gasteiger charge is 2.32. The molecule has 0 amide bonds. The minimum absolute atomic E-state index is 0.162. The number of sulfonamides is 1. The van der Waals surface area contributed by atoms with Gasteiger partial charge in [0.05, 0.1) is 11.4 Å². The third-order valence-electron chi connectivity index (χ3n) is 4.00. The van der Waals surface area contributed by atoms with Crippen molar-refractivity contribution in [3.05, 3.63) is 48.5 Å². The molecule has 1 aliphatic heterocycles. The number of aromatic nitrogens is 2. The van der Waals surface area contributed by atoms with Crippen molar-refractivity contribution in [3.8, 4) is 0 Å². The van der Waals surface area contributed by atoms with Crippen molar-refractivity contribution in [1.82, 2.24) is 19.2 Å². The molecule has 0 spiro atoms. The van der Waals surface area contributed by atoms with Crippen LogP contribution in [-0.2, 0) is 23.6 Å². The first-order chi connectivity index (χ1) is 10.6. The van der Waals surface area contributed by atoms with E-state index in [0.29, 0.717) is 24.5 Å². The number of hydrogen-bond acceptors (Lipinski definition) is 4. The lowest BCUT2D eigenvalue weighted by Crippen LogP contribution is -2.35. The number of benzene rings is 1. The molecular formula is C15H20N4O2S. The van der Waals surface area contributed by atoms with Crippen LogP contribution in [0.25, 0.3) is 0 Å². The van der Waals surface area contributed by atoms with E-state index in [9.17, 15) is 8.42 Å². The molecule has 0 bridgehead atoms. The molecule has 1 aromatic carbocycles. The highest BCUT2D eigenvalue weighted by Crippen LogP contribution is 2.20. The van der Waals surface area contributed by atoms with E-state index in [-0.39, 0.29) is 6.04 Å². The lowest BCUT2D eigenvalue weighted by Gasteiger charge is -2.17. The van der Waals surface area contributed by atoms with Gasteiger partial charge in [0.2, 0.25) is 10.0 Å². The Kier molecular flexibility index (Phi) is 4.28. The third kappa shape index (κ3) is 3.06. The molecule has 1 N–H and O–H groups in total. The molecule has 22 heavy (non-hydrogen) atoms. The van der Waals surface area contributed by atoms with Crippen molar-refractivity contribution in [2.24, 2.45) is 7.05 Å². The van der Waals surface area contributed by atoms with E-state index in [1.165, 1.54) is 0 Å². The zero-order valence-electron chi connectivity index (χ0n) is 12.5. The van der Waals surface area contributed by atoms with Crippen molar-refractivity contribution in [2.75, 3.05) is 13.1 Å². The summed E-state index contributed by atoms with van der Waals surface area (Å²) in [5, 5.41) is 3.39. The fraction of sp³-hybridized carbons (Fsp3) is 0.400. The molecule has 3 rings (SSSR count). The summed E-state index contributed by atoms with van der Waals surface area (Å²) in [5.41, 5.74) is 0. The Morgan fingerprint density at radius 1 is 1.32 bits per heavy atom. The fourth-order valence-electron chi connectivity index (χ4n) is 2.66. The minimum atomic E-state index is -3.38. The van der Waals surface area contributed by atoms with Crippen molar-refractivity contribution < 1.29 is 8.42 Å². The molecule has 1 atom stereocenters. The Morgan fingerprint density at radius 3 is 2.77 bits per heavy atom. The first-order valence-corrected chi connectivity index (χ1v) is 8.76. The van der Waals surface area contributed by atoms with Gasteiger partial charge in [-0.1, -0.05) is 18.2 Å². The minimum Gasteiger partial charge on any atom is -0.337 e. The van der Waals surface area contributed by atoms with Crippen molar-refractivity contribution in [2.45, 2.75) is 23.9 Å². The van der Waals surface area contributed by atoms with Crippen LogP contribution in [0.15, 0.2) is 47.6 Å². The molecule has 1 saturated heterocycles. The molecule has 0 radical (unpaired) electrons. The maximum absolute atomic E-state index is 12.5. The van der Waals surface area contributed by atoms with Gasteiger partial charge >= 0.3 is 0 Å².